The van der Waals surface area contributed by atoms with Crippen LogP contribution in [0.4, 0.5) is 8.78 Å². The van der Waals surface area contributed by atoms with E-state index >= 15 is 0 Å². The number of thioether (sulfide) groups is 1. The number of halogens is 2. The van der Waals surface area contributed by atoms with Crippen LogP contribution in [0.2, 0.25) is 0 Å². The van der Waals surface area contributed by atoms with Crippen molar-refractivity contribution in [3.8, 4) is 11.5 Å². The summed E-state index contributed by atoms with van der Waals surface area (Å²) in [6, 6.07) is 13.5. The molecule has 0 N–H and O–H groups in total. The molecule has 166 valence electrons. The molecule has 3 rings (SSSR count). The van der Waals surface area contributed by atoms with Gasteiger partial charge in [0.2, 0.25) is 5.91 Å². The second kappa shape index (κ2) is 11.0. The molecule has 2 aromatic rings. The van der Waals surface area contributed by atoms with E-state index in [0.717, 1.165) is 10.6 Å². The number of benzene rings is 2. The maximum Gasteiger partial charge on any atom is 0.387 e. The Kier molecular flexibility index (Phi) is 8.11. The largest absolute Gasteiger partial charge is 0.494 e. The first kappa shape index (κ1) is 22.9. The molecule has 0 radical (unpaired) electrons. The second-order valence-electron chi connectivity index (χ2n) is 6.74. The Hall–Kier alpha value is -2.81. The molecular formula is C22H24F2N2O4S. The normalized spacial score (nSPS) is 13.9. The molecule has 0 aromatic heterocycles. The van der Waals surface area contributed by atoms with Crippen LogP contribution in [0.15, 0.2) is 53.4 Å². The summed E-state index contributed by atoms with van der Waals surface area (Å²) < 4.78 is 35.1. The Bertz CT molecular complexity index is 887. The molecule has 0 saturated carbocycles. The lowest BCUT2D eigenvalue weighted by molar-refractivity contribution is -0.129. The van der Waals surface area contributed by atoms with E-state index in [1.165, 1.54) is 30.0 Å². The van der Waals surface area contributed by atoms with E-state index in [0.29, 0.717) is 38.5 Å². The zero-order valence-corrected chi connectivity index (χ0v) is 17.9. The minimum atomic E-state index is -3.00. The van der Waals surface area contributed by atoms with Gasteiger partial charge in [-0.3, -0.25) is 9.59 Å². The van der Waals surface area contributed by atoms with Crippen LogP contribution < -0.4 is 9.47 Å². The number of ether oxygens (including phenoxy) is 2. The highest BCUT2D eigenvalue weighted by Crippen LogP contribution is 2.24. The van der Waals surface area contributed by atoms with Gasteiger partial charge in [0.1, 0.15) is 11.5 Å². The van der Waals surface area contributed by atoms with Gasteiger partial charge in [0.15, 0.2) is 0 Å². The maximum atomic E-state index is 12.7. The quantitative estimate of drug-likeness (QED) is 0.573. The minimum absolute atomic E-state index is 0.00702. The third-order valence-electron chi connectivity index (χ3n) is 4.75. The second-order valence-corrected chi connectivity index (χ2v) is 7.79. The smallest absolute Gasteiger partial charge is 0.387 e. The number of hydrogen-bond donors (Lipinski definition) is 0. The first-order valence-corrected chi connectivity index (χ1v) is 10.9. The van der Waals surface area contributed by atoms with Gasteiger partial charge in [0, 0.05) is 31.1 Å². The van der Waals surface area contributed by atoms with Gasteiger partial charge in [0.25, 0.3) is 5.91 Å². The number of carbonyl (C=O) groups is 2. The van der Waals surface area contributed by atoms with Crippen molar-refractivity contribution in [3.63, 3.8) is 0 Å². The summed E-state index contributed by atoms with van der Waals surface area (Å²) >= 11 is 1.45. The zero-order valence-electron chi connectivity index (χ0n) is 17.1. The Morgan fingerprint density at radius 3 is 2.29 bits per heavy atom. The zero-order chi connectivity index (χ0) is 22.2. The van der Waals surface area contributed by atoms with Crippen LogP contribution in [0.3, 0.4) is 0 Å². The molecule has 1 saturated heterocycles. The van der Waals surface area contributed by atoms with Gasteiger partial charge in [0.05, 0.1) is 17.9 Å². The van der Waals surface area contributed by atoms with Crippen LogP contribution in [0, 0.1) is 0 Å². The van der Waals surface area contributed by atoms with E-state index in [-0.39, 0.29) is 23.1 Å². The molecule has 1 fully saturated rings. The van der Waals surface area contributed by atoms with Crippen LogP contribution in [0.5, 0.6) is 11.5 Å². The summed E-state index contributed by atoms with van der Waals surface area (Å²) in [6.07, 6.45) is 0. The summed E-state index contributed by atoms with van der Waals surface area (Å²) in [7, 11) is 0. The fraction of sp³-hybridized carbons (Fsp3) is 0.364. The molecule has 9 heteroatoms. The predicted octanol–water partition coefficient (Wildman–Crippen LogP) is 3.76. The van der Waals surface area contributed by atoms with Crippen molar-refractivity contribution in [2.24, 2.45) is 0 Å². The molecule has 2 amide bonds. The van der Waals surface area contributed by atoms with Crippen molar-refractivity contribution in [2.75, 3.05) is 38.5 Å². The highest BCUT2D eigenvalue weighted by atomic mass is 32.2. The number of amides is 2. The van der Waals surface area contributed by atoms with Crippen molar-refractivity contribution in [3.05, 3.63) is 54.1 Å². The van der Waals surface area contributed by atoms with Crippen molar-refractivity contribution in [1.82, 2.24) is 9.80 Å². The molecule has 6 nitrogen and oxygen atoms in total. The first-order chi connectivity index (χ1) is 15.0. The molecule has 1 aliphatic heterocycles. The van der Waals surface area contributed by atoms with E-state index in [1.54, 1.807) is 15.9 Å². The Labute approximate surface area is 184 Å². The molecule has 0 spiro atoms. The summed E-state index contributed by atoms with van der Waals surface area (Å²) in [5.74, 6) is 0.555. The standard InChI is InChI=1S/C22H24F2N2O4S/c1-2-29-16-7-9-17(10-8-16)31-15-20(27)25-11-13-26(14-12-25)21(28)18-5-3-4-6-19(18)30-22(23)24/h3-10,22H,2,11-15H2,1H3. The summed E-state index contributed by atoms with van der Waals surface area (Å²) in [4.78, 5) is 29.5. The fourth-order valence-corrected chi connectivity index (χ4v) is 4.01. The number of para-hydroxylation sites is 1. The van der Waals surface area contributed by atoms with Gasteiger partial charge in [-0.25, -0.2) is 0 Å². The Morgan fingerprint density at radius 1 is 1.00 bits per heavy atom. The predicted molar refractivity (Wildman–Crippen MR) is 114 cm³/mol. The topological polar surface area (TPSA) is 59.1 Å². The third kappa shape index (κ3) is 6.33. The molecule has 0 bridgehead atoms. The van der Waals surface area contributed by atoms with Crippen molar-refractivity contribution < 1.29 is 27.8 Å². The number of alkyl halides is 2. The lowest BCUT2D eigenvalue weighted by atomic mass is 10.1. The summed E-state index contributed by atoms with van der Waals surface area (Å²) in [5.41, 5.74) is 0.0913. The highest BCUT2D eigenvalue weighted by Gasteiger charge is 2.26. The molecule has 0 unspecified atom stereocenters. The third-order valence-corrected chi connectivity index (χ3v) is 5.75. The minimum Gasteiger partial charge on any atom is -0.494 e. The average molecular weight is 451 g/mol. The Balaban J connectivity index is 1.50. The van der Waals surface area contributed by atoms with Gasteiger partial charge in [-0.2, -0.15) is 8.78 Å². The summed E-state index contributed by atoms with van der Waals surface area (Å²) in [6.45, 7) is 0.979. The van der Waals surface area contributed by atoms with Crippen LogP contribution in [0.25, 0.3) is 0 Å². The molecule has 0 atom stereocenters. The van der Waals surface area contributed by atoms with E-state index in [1.807, 2.05) is 31.2 Å². The number of carbonyl (C=O) groups excluding carboxylic acids is 2. The highest BCUT2D eigenvalue weighted by molar-refractivity contribution is 8.00. The lowest BCUT2D eigenvalue weighted by Gasteiger charge is -2.35. The maximum absolute atomic E-state index is 12.7. The van der Waals surface area contributed by atoms with Gasteiger partial charge < -0.3 is 19.3 Å². The van der Waals surface area contributed by atoms with E-state index < -0.39 is 6.61 Å². The fourth-order valence-electron chi connectivity index (χ4n) is 3.21. The lowest BCUT2D eigenvalue weighted by Crippen LogP contribution is -2.51. The van der Waals surface area contributed by atoms with Crippen molar-refractivity contribution >= 4 is 23.6 Å². The van der Waals surface area contributed by atoms with E-state index in [9.17, 15) is 18.4 Å². The number of piperazine rings is 1. The number of rotatable bonds is 8. The van der Waals surface area contributed by atoms with Crippen molar-refractivity contribution in [1.29, 1.82) is 0 Å². The van der Waals surface area contributed by atoms with Gasteiger partial charge in [-0.1, -0.05) is 12.1 Å². The molecule has 2 aromatic carbocycles. The summed E-state index contributed by atoms with van der Waals surface area (Å²) in [5, 5.41) is 0. The SMILES string of the molecule is CCOc1ccc(SCC(=O)N2CCN(C(=O)c3ccccc3OC(F)F)CC2)cc1. The van der Waals surface area contributed by atoms with Gasteiger partial charge in [-0.05, 0) is 43.3 Å². The average Bonchev–Trinajstić information content (AvgIpc) is 2.78. The molecule has 31 heavy (non-hydrogen) atoms. The number of nitrogens with zero attached hydrogens (tertiary/aromatic N) is 2. The number of hydrogen-bond acceptors (Lipinski definition) is 5. The Morgan fingerprint density at radius 2 is 1.65 bits per heavy atom. The van der Waals surface area contributed by atoms with Crippen molar-refractivity contribution in [2.45, 2.75) is 18.4 Å². The molecule has 1 aliphatic rings. The van der Waals surface area contributed by atoms with Crippen LogP contribution in [-0.2, 0) is 4.79 Å². The van der Waals surface area contributed by atoms with Crippen LogP contribution >= 0.6 is 11.8 Å². The molecule has 0 aliphatic carbocycles. The van der Waals surface area contributed by atoms with E-state index in [2.05, 4.69) is 4.74 Å². The molecule has 1 heterocycles. The first-order valence-electron chi connectivity index (χ1n) is 9.94. The van der Waals surface area contributed by atoms with Gasteiger partial charge in [-0.15, -0.1) is 11.8 Å². The van der Waals surface area contributed by atoms with Crippen LogP contribution in [0.1, 0.15) is 17.3 Å². The van der Waals surface area contributed by atoms with Crippen LogP contribution in [-0.4, -0.2) is 66.8 Å². The van der Waals surface area contributed by atoms with E-state index in [4.69, 9.17) is 4.74 Å². The monoisotopic (exact) mass is 450 g/mol. The van der Waals surface area contributed by atoms with Gasteiger partial charge >= 0.3 is 6.61 Å². The molecular weight excluding hydrogens is 426 g/mol.